The zero-order valence-electron chi connectivity index (χ0n) is 23.3. The van der Waals surface area contributed by atoms with E-state index in [1.54, 1.807) is 43.3 Å². The number of sulfonamides is 1. The quantitative estimate of drug-likeness (QED) is 0.259. The van der Waals surface area contributed by atoms with Crippen LogP contribution < -0.4 is 14.4 Å². The van der Waals surface area contributed by atoms with Crippen molar-refractivity contribution in [2.75, 3.05) is 24.5 Å². The molecule has 0 unspecified atom stereocenters. The molecule has 0 saturated heterocycles. The third kappa shape index (κ3) is 7.85. The molecule has 0 spiro atoms. The minimum Gasteiger partial charge on any atom is -0.495 e. The molecule has 1 atom stereocenters. The molecule has 3 aromatic rings. The Morgan fingerprint density at radius 2 is 1.75 bits per heavy atom. The number of carbonyl (C=O) groups excluding carboxylic acids is 2. The highest BCUT2D eigenvalue weighted by atomic mass is 79.9. The molecule has 10 heteroatoms. The van der Waals surface area contributed by atoms with E-state index in [1.807, 2.05) is 38.1 Å². The number of amides is 2. The van der Waals surface area contributed by atoms with Crippen LogP contribution in [0.5, 0.6) is 5.75 Å². The van der Waals surface area contributed by atoms with Crippen LogP contribution in [0.2, 0.25) is 0 Å². The maximum atomic E-state index is 14.0. The van der Waals surface area contributed by atoms with Gasteiger partial charge in [0.15, 0.2) is 0 Å². The summed E-state index contributed by atoms with van der Waals surface area (Å²) in [7, 11) is -2.73. The molecule has 0 saturated carbocycles. The summed E-state index contributed by atoms with van der Waals surface area (Å²) < 4.78 is 35.3. The van der Waals surface area contributed by atoms with E-state index in [1.165, 1.54) is 24.1 Å². The van der Waals surface area contributed by atoms with E-state index in [2.05, 4.69) is 21.2 Å². The Hall–Kier alpha value is -3.37. The Kier molecular flexibility index (Phi) is 11.2. The summed E-state index contributed by atoms with van der Waals surface area (Å²) in [5, 5.41) is 2.89. The first-order chi connectivity index (χ1) is 19.1. The molecule has 8 nitrogen and oxygen atoms in total. The first-order valence-corrected chi connectivity index (χ1v) is 15.4. The average Bonchev–Trinajstić information content (AvgIpc) is 2.94. The molecule has 0 radical (unpaired) electrons. The lowest BCUT2D eigenvalue weighted by Crippen LogP contribution is -2.51. The van der Waals surface area contributed by atoms with Gasteiger partial charge in [-0.2, -0.15) is 0 Å². The standard InChI is InChI=1S/C30H36BrN3O5S/c1-5-6-17-32-30(36)23(3)33(20-24-11-10-12-25(31)19-24)29(35)21-34(27-18-22(2)15-16-28(27)39-4)40(37,38)26-13-8-7-9-14-26/h7-16,18-19,23H,5-6,17,20-21H2,1-4H3,(H,32,36)/t23-/m0/s1. The van der Waals surface area contributed by atoms with Crippen LogP contribution in [0.3, 0.4) is 0 Å². The lowest BCUT2D eigenvalue weighted by atomic mass is 10.1. The summed E-state index contributed by atoms with van der Waals surface area (Å²) in [6.07, 6.45) is 1.73. The van der Waals surface area contributed by atoms with Gasteiger partial charge in [0, 0.05) is 17.6 Å². The number of benzene rings is 3. The van der Waals surface area contributed by atoms with Crippen LogP contribution in [0.4, 0.5) is 5.69 Å². The van der Waals surface area contributed by atoms with Gasteiger partial charge in [-0.05, 0) is 67.8 Å². The van der Waals surface area contributed by atoms with E-state index in [-0.39, 0.29) is 23.0 Å². The molecule has 0 aromatic heterocycles. The fraction of sp³-hybridized carbons (Fsp3) is 0.333. The van der Waals surface area contributed by atoms with Crippen LogP contribution in [0.15, 0.2) is 82.2 Å². The molecule has 40 heavy (non-hydrogen) atoms. The van der Waals surface area contributed by atoms with E-state index in [0.717, 1.165) is 32.7 Å². The van der Waals surface area contributed by atoms with Crippen molar-refractivity contribution in [1.29, 1.82) is 0 Å². The largest absolute Gasteiger partial charge is 0.495 e. The number of aryl methyl sites for hydroxylation is 1. The number of nitrogens with one attached hydrogen (secondary N) is 1. The van der Waals surface area contributed by atoms with E-state index in [4.69, 9.17) is 4.74 Å². The molecule has 2 amide bonds. The SMILES string of the molecule is CCCCNC(=O)[C@H](C)N(Cc1cccc(Br)c1)C(=O)CN(c1cc(C)ccc1OC)S(=O)(=O)c1ccccc1. The summed E-state index contributed by atoms with van der Waals surface area (Å²) in [6.45, 7) is 5.59. The third-order valence-electron chi connectivity index (χ3n) is 6.45. The maximum absolute atomic E-state index is 14.0. The summed E-state index contributed by atoms with van der Waals surface area (Å²) in [6, 6.07) is 19.7. The van der Waals surface area contributed by atoms with Crippen molar-refractivity contribution in [3.63, 3.8) is 0 Å². The van der Waals surface area contributed by atoms with Gasteiger partial charge in [-0.25, -0.2) is 8.42 Å². The Balaban J connectivity index is 2.06. The first-order valence-electron chi connectivity index (χ1n) is 13.1. The molecule has 0 bridgehead atoms. The summed E-state index contributed by atoms with van der Waals surface area (Å²) in [5.74, 6) is -0.523. The zero-order valence-corrected chi connectivity index (χ0v) is 25.7. The number of nitrogens with zero attached hydrogens (tertiary/aromatic N) is 2. The van der Waals surface area contributed by atoms with Crippen molar-refractivity contribution in [2.45, 2.75) is 51.1 Å². The minimum atomic E-state index is -4.18. The molecule has 0 aliphatic heterocycles. The molecule has 214 valence electrons. The predicted molar refractivity (Wildman–Crippen MR) is 161 cm³/mol. The number of hydrogen-bond donors (Lipinski definition) is 1. The molecule has 3 rings (SSSR count). The lowest BCUT2D eigenvalue weighted by molar-refractivity contribution is -0.139. The average molecular weight is 631 g/mol. The molecule has 0 heterocycles. The molecule has 0 aliphatic rings. The second-order valence-electron chi connectivity index (χ2n) is 9.47. The number of halogens is 1. The fourth-order valence-corrected chi connectivity index (χ4v) is 6.06. The van der Waals surface area contributed by atoms with Gasteiger partial charge in [0.2, 0.25) is 11.8 Å². The number of hydrogen-bond acceptors (Lipinski definition) is 5. The van der Waals surface area contributed by atoms with E-state index in [0.29, 0.717) is 12.3 Å². The Labute approximate surface area is 245 Å². The zero-order chi connectivity index (χ0) is 29.3. The van der Waals surface area contributed by atoms with E-state index in [9.17, 15) is 18.0 Å². The number of rotatable bonds is 13. The van der Waals surface area contributed by atoms with Gasteiger partial charge in [0.1, 0.15) is 18.3 Å². The third-order valence-corrected chi connectivity index (χ3v) is 8.72. The Bertz CT molecular complexity index is 1420. The van der Waals surface area contributed by atoms with Gasteiger partial charge in [-0.15, -0.1) is 0 Å². The molecular formula is C30H36BrN3O5S. The molecule has 1 N–H and O–H groups in total. The van der Waals surface area contributed by atoms with Crippen LogP contribution in [0.25, 0.3) is 0 Å². The van der Waals surface area contributed by atoms with E-state index < -0.39 is 28.5 Å². The second-order valence-corrected chi connectivity index (χ2v) is 12.3. The van der Waals surface area contributed by atoms with Crippen molar-refractivity contribution < 1.29 is 22.7 Å². The second kappa shape index (κ2) is 14.3. The van der Waals surface area contributed by atoms with Crippen LogP contribution >= 0.6 is 15.9 Å². The maximum Gasteiger partial charge on any atom is 0.264 e. The van der Waals surface area contributed by atoms with Gasteiger partial charge in [-0.1, -0.05) is 65.7 Å². The monoisotopic (exact) mass is 629 g/mol. The minimum absolute atomic E-state index is 0.0373. The number of unbranched alkanes of at least 4 members (excludes halogenated alkanes) is 1. The van der Waals surface area contributed by atoms with Gasteiger partial charge < -0.3 is 15.0 Å². The molecule has 0 fully saturated rings. The van der Waals surface area contributed by atoms with Crippen LogP contribution in [0, 0.1) is 6.92 Å². The van der Waals surface area contributed by atoms with Crippen molar-refractivity contribution in [3.05, 3.63) is 88.4 Å². The van der Waals surface area contributed by atoms with Crippen molar-refractivity contribution in [2.24, 2.45) is 0 Å². The molecular weight excluding hydrogens is 594 g/mol. The van der Waals surface area contributed by atoms with Crippen molar-refractivity contribution >= 4 is 43.5 Å². The summed E-state index contributed by atoms with van der Waals surface area (Å²) in [5.41, 5.74) is 1.83. The number of methoxy groups -OCH3 is 1. The highest BCUT2D eigenvalue weighted by Gasteiger charge is 2.33. The highest BCUT2D eigenvalue weighted by molar-refractivity contribution is 9.10. The van der Waals surface area contributed by atoms with Crippen LogP contribution in [-0.4, -0.2) is 51.4 Å². The lowest BCUT2D eigenvalue weighted by Gasteiger charge is -2.32. The number of carbonyl (C=O) groups is 2. The Morgan fingerprint density at radius 1 is 1.02 bits per heavy atom. The van der Waals surface area contributed by atoms with Gasteiger partial charge in [-0.3, -0.25) is 13.9 Å². The van der Waals surface area contributed by atoms with Crippen molar-refractivity contribution in [1.82, 2.24) is 10.2 Å². The normalized spacial score (nSPS) is 11.9. The molecule has 0 aliphatic carbocycles. The fourth-order valence-electron chi connectivity index (χ4n) is 4.18. The van der Waals surface area contributed by atoms with Gasteiger partial charge >= 0.3 is 0 Å². The first kappa shape index (κ1) is 31.2. The number of ether oxygens (including phenoxy) is 1. The predicted octanol–water partition coefficient (Wildman–Crippen LogP) is 5.30. The molecule has 3 aromatic carbocycles. The van der Waals surface area contributed by atoms with Crippen LogP contribution in [-0.2, 0) is 26.2 Å². The number of anilines is 1. The van der Waals surface area contributed by atoms with Crippen LogP contribution in [0.1, 0.15) is 37.8 Å². The van der Waals surface area contributed by atoms with Crippen molar-refractivity contribution in [3.8, 4) is 5.75 Å². The van der Waals surface area contributed by atoms with Gasteiger partial charge in [0.25, 0.3) is 10.0 Å². The Morgan fingerprint density at radius 3 is 2.40 bits per heavy atom. The van der Waals surface area contributed by atoms with Gasteiger partial charge in [0.05, 0.1) is 17.7 Å². The smallest absolute Gasteiger partial charge is 0.264 e. The summed E-state index contributed by atoms with van der Waals surface area (Å²) >= 11 is 3.46. The van der Waals surface area contributed by atoms with E-state index >= 15 is 0 Å². The highest BCUT2D eigenvalue weighted by Crippen LogP contribution is 2.33. The summed E-state index contributed by atoms with van der Waals surface area (Å²) in [4.78, 5) is 28.6. The topological polar surface area (TPSA) is 96.0 Å².